The van der Waals surface area contributed by atoms with Gasteiger partial charge in [-0.05, 0) is 35.9 Å². The lowest BCUT2D eigenvalue weighted by Gasteiger charge is -2.05. The first-order valence-corrected chi connectivity index (χ1v) is 8.20. The van der Waals surface area contributed by atoms with Crippen LogP contribution < -0.4 is 5.36 Å². The smallest absolute Gasteiger partial charge is 0.354 e. The van der Waals surface area contributed by atoms with Crippen LogP contribution in [0.3, 0.4) is 0 Å². The van der Waals surface area contributed by atoms with Crippen LogP contribution in [0.4, 0.5) is 19.0 Å². The van der Waals surface area contributed by atoms with Crippen LogP contribution in [-0.2, 0) is 12.7 Å². The minimum atomic E-state index is -4.43. The van der Waals surface area contributed by atoms with E-state index in [-0.39, 0.29) is 11.4 Å². The van der Waals surface area contributed by atoms with Crippen LogP contribution in [0.15, 0.2) is 82.6 Å². The van der Waals surface area contributed by atoms with Crippen LogP contribution >= 0.6 is 0 Å². The average Bonchev–Trinajstić information content (AvgIpc) is 3.06. The van der Waals surface area contributed by atoms with Gasteiger partial charge in [0.1, 0.15) is 0 Å². The molecule has 2 aromatic carbocycles. The highest BCUT2D eigenvalue weighted by molar-refractivity contribution is 5.87. The zero-order chi connectivity index (χ0) is 18.9. The van der Waals surface area contributed by atoms with E-state index in [9.17, 15) is 13.2 Å². The number of hydrogen-bond donors (Lipinski definition) is 0. The summed E-state index contributed by atoms with van der Waals surface area (Å²) in [6, 6.07) is 16.9. The van der Waals surface area contributed by atoms with Crippen LogP contribution in [0.25, 0.3) is 11.0 Å². The predicted octanol–water partition coefficient (Wildman–Crippen LogP) is 4.93. The standard InChI is InChI=1S/C20H14F3N3O/c21-20(22,23)15-6-7-17-18(12-15)27-25-19(17)24-16-8-10-26(11-9-16)13-14-4-2-1-3-5-14/h1-12H,13H2. The molecule has 0 aliphatic heterocycles. The zero-order valence-corrected chi connectivity index (χ0v) is 14.0. The molecule has 0 fully saturated rings. The highest BCUT2D eigenvalue weighted by Gasteiger charge is 2.31. The molecule has 4 aromatic rings. The quantitative estimate of drug-likeness (QED) is 0.514. The number of benzene rings is 2. The summed E-state index contributed by atoms with van der Waals surface area (Å²) < 4.78 is 45.3. The van der Waals surface area contributed by atoms with Crippen LogP contribution in [0.1, 0.15) is 11.1 Å². The molecular formula is C20H14F3N3O. The Kier molecular flexibility index (Phi) is 4.27. The highest BCUT2D eigenvalue weighted by atomic mass is 19.4. The summed E-state index contributed by atoms with van der Waals surface area (Å²) in [5.41, 5.74) is 0.452. The van der Waals surface area contributed by atoms with E-state index >= 15 is 0 Å². The van der Waals surface area contributed by atoms with Crippen molar-refractivity contribution in [1.82, 2.24) is 9.72 Å². The van der Waals surface area contributed by atoms with Gasteiger partial charge in [-0.15, -0.1) is 0 Å². The van der Waals surface area contributed by atoms with E-state index in [4.69, 9.17) is 4.52 Å². The Morgan fingerprint density at radius 2 is 1.70 bits per heavy atom. The van der Waals surface area contributed by atoms with E-state index in [0.717, 1.165) is 18.7 Å². The molecule has 0 radical (unpaired) electrons. The summed E-state index contributed by atoms with van der Waals surface area (Å²) in [5.74, 6) is 0.250. The third-order valence-corrected chi connectivity index (χ3v) is 4.10. The lowest BCUT2D eigenvalue weighted by Crippen LogP contribution is -2.06. The van der Waals surface area contributed by atoms with Crippen LogP contribution in [-0.4, -0.2) is 9.72 Å². The van der Waals surface area contributed by atoms with E-state index in [0.29, 0.717) is 10.7 Å². The molecule has 0 spiro atoms. The van der Waals surface area contributed by atoms with Crippen molar-refractivity contribution in [2.75, 3.05) is 0 Å². The fraction of sp³-hybridized carbons (Fsp3) is 0.100. The second kappa shape index (κ2) is 6.75. The molecule has 0 saturated heterocycles. The van der Waals surface area contributed by atoms with E-state index < -0.39 is 11.7 Å². The maximum atomic E-state index is 12.8. The maximum absolute atomic E-state index is 12.8. The van der Waals surface area contributed by atoms with Gasteiger partial charge in [0, 0.05) is 18.9 Å². The molecule has 0 N–H and O–H groups in total. The minimum Gasteiger partial charge on any atom is -0.354 e. The summed E-state index contributed by atoms with van der Waals surface area (Å²) >= 11 is 0. The fourth-order valence-electron chi connectivity index (χ4n) is 2.73. The number of hydrogen-bond acceptors (Lipinski definition) is 3. The second-order valence-corrected chi connectivity index (χ2v) is 6.04. The summed E-state index contributed by atoms with van der Waals surface area (Å²) in [6.45, 7) is 0.730. The Morgan fingerprint density at radius 3 is 2.41 bits per heavy atom. The van der Waals surface area contributed by atoms with Crippen molar-refractivity contribution in [3.63, 3.8) is 0 Å². The van der Waals surface area contributed by atoms with Gasteiger partial charge in [-0.1, -0.05) is 35.5 Å². The lowest BCUT2D eigenvalue weighted by atomic mass is 10.1. The predicted molar refractivity (Wildman–Crippen MR) is 94.2 cm³/mol. The van der Waals surface area contributed by atoms with Crippen molar-refractivity contribution >= 4 is 16.8 Å². The topological polar surface area (TPSA) is 43.3 Å². The molecule has 0 bridgehead atoms. The van der Waals surface area contributed by atoms with Crippen molar-refractivity contribution < 1.29 is 17.7 Å². The molecule has 0 unspecified atom stereocenters. The maximum Gasteiger partial charge on any atom is 0.416 e. The Labute approximate surface area is 152 Å². The highest BCUT2D eigenvalue weighted by Crippen LogP contribution is 2.33. The first-order valence-electron chi connectivity index (χ1n) is 8.20. The average molecular weight is 369 g/mol. The largest absolute Gasteiger partial charge is 0.416 e. The van der Waals surface area contributed by atoms with Gasteiger partial charge in [-0.3, -0.25) is 0 Å². The lowest BCUT2D eigenvalue weighted by molar-refractivity contribution is -0.137. The molecule has 4 rings (SSSR count). The van der Waals surface area contributed by atoms with Crippen molar-refractivity contribution in [3.8, 4) is 0 Å². The first-order chi connectivity index (χ1) is 13.0. The van der Waals surface area contributed by atoms with E-state index in [1.807, 2.05) is 59.4 Å². The normalized spacial score (nSPS) is 11.7. The Balaban J connectivity index is 1.61. The van der Waals surface area contributed by atoms with E-state index in [1.165, 1.54) is 11.6 Å². The Hall–Kier alpha value is -3.35. The zero-order valence-electron chi connectivity index (χ0n) is 14.0. The number of pyridine rings is 1. The monoisotopic (exact) mass is 369 g/mol. The number of halogens is 3. The van der Waals surface area contributed by atoms with Gasteiger partial charge in [0.15, 0.2) is 5.58 Å². The molecule has 136 valence electrons. The van der Waals surface area contributed by atoms with Gasteiger partial charge >= 0.3 is 6.18 Å². The second-order valence-electron chi connectivity index (χ2n) is 6.04. The molecule has 0 amide bonds. The van der Waals surface area contributed by atoms with Gasteiger partial charge < -0.3 is 9.09 Å². The third-order valence-electron chi connectivity index (χ3n) is 4.10. The molecule has 7 heteroatoms. The Morgan fingerprint density at radius 1 is 0.963 bits per heavy atom. The fourth-order valence-corrected chi connectivity index (χ4v) is 2.73. The van der Waals surface area contributed by atoms with Crippen molar-refractivity contribution in [2.45, 2.75) is 12.7 Å². The summed E-state index contributed by atoms with van der Waals surface area (Å²) in [7, 11) is 0. The van der Waals surface area contributed by atoms with E-state index in [2.05, 4.69) is 10.1 Å². The number of rotatable bonds is 3. The minimum absolute atomic E-state index is 0.0543. The van der Waals surface area contributed by atoms with Crippen molar-refractivity contribution in [3.05, 3.63) is 89.5 Å². The SMILES string of the molecule is FC(F)(F)c1ccc2c(N=c3ccn(Cc4ccccc4)cc3)noc2c1. The molecule has 27 heavy (non-hydrogen) atoms. The Bertz CT molecular complexity index is 1120. The van der Waals surface area contributed by atoms with Gasteiger partial charge in [-0.2, -0.15) is 13.2 Å². The number of nitrogens with zero attached hydrogens (tertiary/aromatic N) is 3. The van der Waals surface area contributed by atoms with Gasteiger partial charge in [0.25, 0.3) is 0 Å². The summed E-state index contributed by atoms with van der Waals surface area (Å²) in [5, 5.41) is 4.86. The molecule has 0 atom stereocenters. The molecule has 0 aliphatic rings. The first kappa shape index (κ1) is 17.1. The van der Waals surface area contributed by atoms with Gasteiger partial charge in [0.05, 0.1) is 16.3 Å². The summed E-state index contributed by atoms with van der Waals surface area (Å²) in [6.07, 6.45) is -0.657. The molecule has 4 nitrogen and oxygen atoms in total. The van der Waals surface area contributed by atoms with Crippen LogP contribution in [0.5, 0.6) is 0 Å². The van der Waals surface area contributed by atoms with Crippen LogP contribution in [0, 0.1) is 0 Å². The van der Waals surface area contributed by atoms with Crippen LogP contribution in [0.2, 0.25) is 0 Å². The number of alkyl halides is 3. The van der Waals surface area contributed by atoms with Crippen molar-refractivity contribution in [2.24, 2.45) is 4.99 Å². The number of aromatic nitrogens is 2. The van der Waals surface area contributed by atoms with E-state index in [1.54, 1.807) is 0 Å². The molecule has 0 saturated carbocycles. The van der Waals surface area contributed by atoms with Crippen molar-refractivity contribution in [1.29, 1.82) is 0 Å². The molecule has 0 aliphatic carbocycles. The van der Waals surface area contributed by atoms with Gasteiger partial charge in [0.2, 0.25) is 5.82 Å². The van der Waals surface area contributed by atoms with Gasteiger partial charge in [-0.25, -0.2) is 4.99 Å². The summed E-state index contributed by atoms with van der Waals surface area (Å²) in [4.78, 5) is 4.37. The third kappa shape index (κ3) is 3.76. The molecule has 2 heterocycles. The number of fused-ring (bicyclic) bond motifs is 1. The molecule has 2 aromatic heterocycles. The molecular weight excluding hydrogens is 355 g/mol.